The Morgan fingerprint density at radius 3 is 2.16 bits per heavy atom. The van der Waals surface area contributed by atoms with Crippen LogP contribution in [0.4, 0.5) is 30.4 Å². The number of halogens is 3. The van der Waals surface area contributed by atoms with Crippen molar-refractivity contribution >= 4 is 34.9 Å². The van der Waals surface area contributed by atoms with Gasteiger partial charge >= 0.3 is 6.18 Å². The highest BCUT2D eigenvalue weighted by molar-refractivity contribution is 6.06. The van der Waals surface area contributed by atoms with E-state index in [-0.39, 0.29) is 36.2 Å². The third-order valence-corrected chi connectivity index (χ3v) is 12.5. The van der Waals surface area contributed by atoms with Crippen LogP contribution in [0.25, 0.3) is 0 Å². The Morgan fingerprint density at radius 2 is 1.51 bits per heavy atom. The van der Waals surface area contributed by atoms with Crippen molar-refractivity contribution in [3.8, 4) is 11.9 Å². The summed E-state index contributed by atoms with van der Waals surface area (Å²) in [6.45, 7) is 8.07. The maximum Gasteiger partial charge on any atom is 0.417 e. The second-order valence-corrected chi connectivity index (χ2v) is 15.8. The first kappa shape index (κ1) is 38.5. The van der Waals surface area contributed by atoms with Crippen molar-refractivity contribution in [2.75, 3.05) is 80.7 Å². The van der Waals surface area contributed by atoms with E-state index in [1.165, 1.54) is 29.3 Å². The van der Waals surface area contributed by atoms with Gasteiger partial charge in [-0.1, -0.05) is 12.1 Å². The van der Waals surface area contributed by atoms with E-state index in [1.54, 1.807) is 12.1 Å². The Kier molecular flexibility index (Phi) is 10.7. The Hall–Kier alpha value is -5.36. The van der Waals surface area contributed by atoms with Gasteiger partial charge in [0.2, 0.25) is 17.7 Å². The fourth-order valence-corrected chi connectivity index (χ4v) is 9.24. The summed E-state index contributed by atoms with van der Waals surface area (Å²) in [5.74, 6) is 0.936. The molecule has 4 saturated heterocycles. The van der Waals surface area contributed by atoms with Gasteiger partial charge in [-0.05, 0) is 91.5 Å². The van der Waals surface area contributed by atoms with Crippen molar-refractivity contribution in [2.45, 2.75) is 63.2 Å². The molecular weight excluding hydrogens is 738 g/mol. The first-order valence-electron chi connectivity index (χ1n) is 19.9. The molecular formula is C42H47F3N8O4. The summed E-state index contributed by atoms with van der Waals surface area (Å²) in [6.07, 6.45) is -0.122. The van der Waals surface area contributed by atoms with Crippen LogP contribution in [0.3, 0.4) is 0 Å². The average Bonchev–Trinajstić information content (AvgIpc) is 3.56. The SMILES string of the molecule is COc1nc(N2CCN(CC3CCN(c4ccc(C5CCN(c6ccc(C#N)c(C(F)(F)F)c6)CC5)cc4)CC3)CC2)cc2c1C(=O)N(C1CCC(=O)NC1=O)C2. The molecule has 3 aromatic rings. The Balaban J connectivity index is 0.792. The van der Waals surface area contributed by atoms with Crippen LogP contribution in [-0.4, -0.2) is 105 Å². The summed E-state index contributed by atoms with van der Waals surface area (Å²) in [6, 6.07) is 15.8. The minimum atomic E-state index is -4.56. The number of anilines is 3. The number of hydrogen-bond donors (Lipinski definition) is 1. The van der Waals surface area contributed by atoms with E-state index in [0.717, 1.165) is 88.9 Å². The zero-order valence-corrected chi connectivity index (χ0v) is 32.1. The third-order valence-electron chi connectivity index (χ3n) is 12.5. The average molecular weight is 785 g/mol. The van der Waals surface area contributed by atoms with Crippen LogP contribution in [0.2, 0.25) is 0 Å². The molecule has 5 aliphatic heterocycles. The number of imide groups is 1. The largest absolute Gasteiger partial charge is 0.480 e. The van der Waals surface area contributed by atoms with Crippen LogP contribution in [0.1, 0.15) is 77.1 Å². The van der Waals surface area contributed by atoms with Crippen LogP contribution < -0.4 is 24.8 Å². The van der Waals surface area contributed by atoms with Crippen molar-refractivity contribution in [3.05, 3.63) is 76.3 Å². The molecule has 1 atom stereocenters. The van der Waals surface area contributed by atoms with E-state index in [0.29, 0.717) is 42.6 Å². The number of benzene rings is 2. The van der Waals surface area contributed by atoms with Gasteiger partial charge in [-0.2, -0.15) is 23.4 Å². The van der Waals surface area contributed by atoms with Crippen LogP contribution in [-0.2, 0) is 22.3 Å². The van der Waals surface area contributed by atoms with E-state index < -0.39 is 23.7 Å². The normalized spacial score (nSPS) is 21.5. The van der Waals surface area contributed by atoms with Gasteiger partial charge in [-0.15, -0.1) is 0 Å². The molecule has 4 fully saturated rings. The van der Waals surface area contributed by atoms with Gasteiger partial charge in [0.15, 0.2) is 0 Å². The molecule has 300 valence electrons. The van der Waals surface area contributed by atoms with Crippen molar-refractivity contribution in [1.29, 1.82) is 5.26 Å². The molecule has 6 heterocycles. The van der Waals surface area contributed by atoms with E-state index in [9.17, 15) is 27.6 Å². The molecule has 2 aromatic carbocycles. The van der Waals surface area contributed by atoms with E-state index in [1.807, 2.05) is 11.0 Å². The van der Waals surface area contributed by atoms with E-state index in [4.69, 9.17) is 15.0 Å². The topological polar surface area (TPSA) is 125 Å². The van der Waals surface area contributed by atoms with Gasteiger partial charge in [-0.3, -0.25) is 24.6 Å². The number of ether oxygens (including phenoxy) is 1. The molecule has 12 nitrogen and oxygen atoms in total. The molecule has 0 radical (unpaired) electrons. The van der Waals surface area contributed by atoms with E-state index in [2.05, 4.69) is 44.3 Å². The van der Waals surface area contributed by atoms with Gasteiger partial charge in [-0.25, -0.2) is 0 Å². The molecule has 0 aliphatic carbocycles. The standard InChI is InChI=1S/C42H47F3N8O4/c1-57-40-38-31(26-53(41(38)56)35-8-9-37(54)48-39(35)55)22-36(47-40)52-20-18-49(19-21-52)25-27-10-14-50(15-11-27)32-5-2-28(3-6-32)29-12-16-51(17-13-29)33-7-4-30(24-46)34(23-33)42(43,44)45/h2-7,22-23,27,29,35H,8-21,25-26H2,1H3,(H,48,54,55). The molecule has 15 heteroatoms. The number of aromatic nitrogens is 1. The van der Waals surface area contributed by atoms with Gasteiger partial charge in [0.25, 0.3) is 5.91 Å². The molecule has 1 N–H and O–H groups in total. The fourth-order valence-electron chi connectivity index (χ4n) is 9.24. The van der Waals surface area contributed by atoms with Crippen molar-refractivity contribution < 1.29 is 32.3 Å². The number of alkyl halides is 3. The predicted octanol–water partition coefficient (Wildman–Crippen LogP) is 5.16. The van der Waals surface area contributed by atoms with Crippen LogP contribution in [0, 0.1) is 17.2 Å². The number of methoxy groups -OCH3 is 1. The zero-order valence-electron chi connectivity index (χ0n) is 32.1. The molecule has 3 amide bonds. The number of nitrogens with zero attached hydrogens (tertiary/aromatic N) is 7. The smallest absolute Gasteiger partial charge is 0.417 e. The third kappa shape index (κ3) is 7.97. The number of piperazine rings is 1. The zero-order chi connectivity index (χ0) is 39.8. The molecule has 0 bridgehead atoms. The number of nitriles is 1. The first-order chi connectivity index (χ1) is 27.5. The van der Waals surface area contributed by atoms with Gasteiger partial charge in [0, 0.05) is 83.2 Å². The molecule has 8 rings (SSSR count). The van der Waals surface area contributed by atoms with Gasteiger partial charge in [0.1, 0.15) is 17.4 Å². The van der Waals surface area contributed by atoms with E-state index >= 15 is 0 Å². The Bertz CT molecular complexity index is 2050. The van der Waals surface area contributed by atoms with Crippen LogP contribution in [0.5, 0.6) is 5.88 Å². The Labute approximate surface area is 330 Å². The minimum Gasteiger partial charge on any atom is -0.480 e. The summed E-state index contributed by atoms with van der Waals surface area (Å²) >= 11 is 0. The number of nitrogens with one attached hydrogen (secondary N) is 1. The van der Waals surface area contributed by atoms with Gasteiger partial charge < -0.3 is 24.3 Å². The second-order valence-electron chi connectivity index (χ2n) is 15.8. The number of piperidine rings is 3. The Morgan fingerprint density at radius 1 is 0.842 bits per heavy atom. The minimum absolute atomic E-state index is 0.200. The molecule has 5 aliphatic rings. The lowest BCUT2D eigenvalue weighted by atomic mass is 9.88. The molecule has 1 unspecified atom stereocenters. The number of carbonyl (C=O) groups is 3. The van der Waals surface area contributed by atoms with Crippen LogP contribution >= 0.6 is 0 Å². The monoisotopic (exact) mass is 784 g/mol. The summed E-state index contributed by atoms with van der Waals surface area (Å²) in [5.41, 5.74) is 2.94. The number of pyridine rings is 1. The number of rotatable bonds is 8. The predicted molar refractivity (Wildman–Crippen MR) is 207 cm³/mol. The van der Waals surface area contributed by atoms with Crippen molar-refractivity contribution in [1.82, 2.24) is 20.1 Å². The number of hydrogen-bond acceptors (Lipinski definition) is 10. The maximum absolute atomic E-state index is 13.5. The second kappa shape index (κ2) is 15.9. The molecule has 0 saturated carbocycles. The molecule has 1 aromatic heterocycles. The maximum atomic E-state index is 13.5. The highest BCUT2D eigenvalue weighted by atomic mass is 19.4. The lowest BCUT2D eigenvalue weighted by Crippen LogP contribution is -2.52. The highest BCUT2D eigenvalue weighted by Crippen LogP contribution is 2.38. The quantitative estimate of drug-likeness (QED) is 0.307. The lowest BCUT2D eigenvalue weighted by molar-refractivity contribution is -0.138. The molecule has 0 spiro atoms. The molecule has 57 heavy (non-hydrogen) atoms. The van der Waals surface area contributed by atoms with Gasteiger partial charge in [0.05, 0.1) is 24.3 Å². The van der Waals surface area contributed by atoms with Crippen LogP contribution in [0.15, 0.2) is 48.5 Å². The van der Waals surface area contributed by atoms with Crippen molar-refractivity contribution in [2.24, 2.45) is 5.92 Å². The summed E-state index contributed by atoms with van der Waals surface area (Å²) < 4.78 is 46.1. The summed E-state index contributed by atoms with van der Waals surface area (Å²) in [7, 11) is 1.50. The summed E-state index contributed by atoms with van der Waals surface area (Å²) in [4.78, 5) is 53.0. The number of fused-ring (bicyclic) bond motifs is 1. The fraction of sp³-hybridized carbons (Fsp3) is 0.500. The summed E-state index contributed by atoms with van der Waals surface area (Å²) in [5, 5.41) is 11.5. The van der Waals surface area contributed by atoms with Crippen molar-refractivity contribution in [3.63, 3.8) is 0 Å². The first-order valence-corrected chi connectivity index (χ1v) is 19.9. The highest BCUT2D eigenvalue weighted by Gasteiger charge is 2.42. The lowest BCUT2D eigenvalue weighted by Gasteiger charge is -2.40. The number of carbonyl (C=O) groups excluding carboxylic acids is 3. The number of amides is 3.